The van der Waals surface area contributed by atoms with Gasteiger partial charge in [0.25, 0.3) is 5.91 Å². The lowest BCUT2D eigenvalue weighted by Gasteiger charge is -2.08. The second kappa shape index (κ2) is 7.16. The highest BCUT2D eigenvalue weighted by Crippen LogP contribution is 2.32. The molecule has 0 radical (unpaired) electrons. The summed E-state index contributed by atoms with van der Waals surface area (Å²) in [6.45, 7) is 5.52. The van der Waals surface area contributed by atoms with Crippen molar-refractivity contribution in [3.05, 3.63) is 41.7 Å². The van der Waals surface area contributed by atoms with Crippen molar-refractivity contribution in [1.82, 2.24) is 15.3 Å². The SMILES string of the molecule is CC(C)CNC(=O)c1cnc(NCc2ccc3c(c2)OCO3)nc1. The van der Waals surface area contributed by atoms with E-state index in [4.69, 9.17) is 9.47 Å². The van der Waals surface area contributed by atoms with E-state index in [0.29, 0.717) is 30.5 Å². The minimum absolute atomic E-state index is 0.161. The number of amides is 1. The van der Waals surface area contributed by atoms with Crippen molar-refractivity contribution in [2.24, 2.45) is 5.92 Å². The fraction of sp³-hybridized carbons (Fsp3) is 0.353. The summed E-state index contributed by atoms with van der Waals surface area (Å²) >= 11 is 0. The molecular weight excluding hydrogens is 308 g/mol. The molecule has 7 nitrogen and oxygen atoms in total. The van der Waals surface area contributed by atoms with Crippen LogP contribution in [0.3, 0.4) is 0 Å². The van der Waals surface area contributed by atoms with Crippen LogP contribution in [0.15, 0.2) is 30.6 Å². The van der Waals surface area contributed by atoms with Gasteiger partial charge in [-0.1, -0.05) is 19.9 Å². The summed E-state index contributed by atoms with van der Waals surface area (Å²) in [4.78, 5) is 20.3. The van der Waals surface area contributed by atoms with E-state index in [1.54, 1.807) is 0 Å². The molecule has 0 aliphatic carbocycles. The molecule has 0 saturated heterocycles. The molecule has 0 unspecified atom stereocenters. The summed E-state index contributed by atoms with van der Waals surface area (Å²) in [6.07, 6.45) is 3.04. The molecule has 0 atom stereocenters. The van der Waals surface area contributed by atoms with Crippen LogP contribution in [0.4, 0.5) is 5.95 Å². The molecule has 2 heterocycles. The fourth-order valence-electron chi connectivity index (χ4n) is 2.17. The predicted octanol–water partition coefficient (Wildman–Crippen LogP) is 2.20. The topological polar surface area (TPSA) is 85.4 Å². The lowest BCUT2D eigenvalue weighted by Crippen LogP contribution is -2.27. The smallest absolute Gasteiger partial charge is 0.254 e. The van der Waals surface area contributed by atoms with Crippen molar-refractivity contribution in [2.75, 3.05) is 18.7 Å². The number of hydrogen-bond acceptors (Lipinski definition) is 6. The number of ether oxygens (including phenoxy) is 2. The Morgan fingerprint density at radius 1 is 1.21 bits per heavy atom. The Morgan fingerprint density at radius 2 is 1.96 bits per heavy atom. The number of carbonyl (C=O) groups is 1. The van der Waals surface area contributed by atoms with Crippen molar-refractivity contribution < 1.29 is 14.3 Å². The first-order valence-electron chi connectivity index (χ1n) is 7.84. The number of hydrogen-bond donors (Lipinski definition) is 2. The summed E-state index contributed by atoms with van der Waals surface area (Å²) in [5, 5.41) is 5.95. The Morgan fingerprint density at radius 3 is 2.71 bits per heavy atom. The fourth-order valence-corrected chi connectivity index (χ4v) is 2.17. The first-order valence-corrected chi connectivity index (χ1v) is 7.84. The zero-order valence-electron chi connectivity index (χ0n) is 13.7. The Hall–Kier alpha value is -2.83. The van der Waals surface area contributed by atoms with Crippen molar-refractivity contribution in [3.8, 4) is 11.5 Å². The number of rotatable bonds is 6. The quantitative estimate of drug-likeness (QED) is 0.845. The number of nitrogens with zero attached hydrogens (tertiary/aromatic N) is 2. The third-order valence-electron chi connectivity index (χ3n) is 3.47. The maximum Gasteiger partial charge on any atom is 0.254 e. The number of aromatic nitrogens is 2. The Balaban J connectivity index is 1.55. The highest BCUT2D eigenvalue weighted by atomic mass is 16.7. The van der Waals surface area contributed by atoms with Crippen molar-refractivity contribution in [3.63, 3.8) is 0 Å². The third-order valence-corrected chi connectivity index (χ3v) is 3.47. The van der Waals surface area contributed by atoms with E-state index in [1.165, 1.54) is 12.4 Å². The van der Waals surface area contributed by atoms with Crippen LogP contribution in [0, 0.1) is 5.92 Å². The normalized spacial score (nSPS) is 12.3. The van der Waals surface area contributed by atoms with Gasteiger partial charge in [0.05, 0.1) is 5.56 Å². The van der Waals surface area contributed by atoms with Gasteiger partial charge in [-0.25, -0.2) is 9.97 Å². The van der Waals surface area contributed by atoms with Gasteiger partial charge in [0.1, 0.15) is 0 Å². The van der Waals surface area contributed by atoms with Gasteiger partial charge in [-0.05, 0) is 23.6 Å². The van der Waals surface area contributed by atoms with Crippen LogP contribution in [0.25, 0.3) is 0 Å². The summed E-state index contributed by atoms with van der Waals surface area (Å²) < 4.78 is 10.6. The monoisotopic (exact) mass is 328 g/mol. The molecule has 1 aromatic heterocycles. The van der Waals surface area contributed by atoms with E-state index >= 15 is 0 Å². The van der Waals surface area contributed by atoms with E-state index in [-0.39, 0.29) is 12.7 Å². The molecule has 24 heavy (non-hydrogen) atoms. The molecule has 126 valence electrons. The minimum Gasteiger partial charge on any atom is -0.454 e. The van der Waals surface area contributed by atoms with Crippen LogP contribution < -0.4 is 20.1 Å². The summed E-state index contributed by atoms with van der Waals surface area (Å²) in [6, 6.07) is 5.75. The zero-order chi connectivity index (χ0) is 16.9. The molecule has 0 bridgehead atoms. The molecule has 0 spiro atoms. The molecule has 2 aromatic rings. The van der Waals surface area contributed by atoms with Gasteiger partial charge < -0.3 is 20.1 Å². The predicted molar refractivity (Wildman–Crippen MR) is 89.1 cm³/mol. The first-order chi connectivity index (χ1) is 11.6. The third kappa shape index (κ3) is 3.92. The average Bonchev–Trinajstić information content (AvgIpc) is 3.06. The van der Waals surface area contributed by atoms with E-state index in [2.05, 4.69) is 20.6 Å². The van der Waals surface area contributed by atoms with Crippen LogP contribution in [0.5, 0.6) is 11.5 Å². The largest absolute Gasteiger partial charge is 0.454 e. The highest BCUT2D eigenvalue weighted by Gasteiger charge is 2.13. The summed E-state index contributed by atoms with van der Waals surface area (Å²) in [5.41, 5.74) is 1.48. The maximum atomic E-state index is 11.9. The molecule has 0 saturated carbocycles. The van der Waals surface area contributed by atoms with E-state index in [9.17, 15) is 4.79 Å². The first kappa shape index (κ1) is 16.0. The Kier molecular flexibility index (Phi) is 4.79. The lowest BCUT2D eigenvalue weighted by atomic mass is 10.2. The molecule has 0 fully saturated rings. The highest BCUT2D eigenvalue weighted by molar-refractivity contribution is 5.93. The molecule has 2 N–H and O–H groups in total. The average molecular weight is 328 g/mol. The molecule has 3 rings (SSSR count). The van der Waals surface area contributed by atoms with Gasteiger partial charge in [0, 0.05) is 25.5 Å². The van der Waals surface area contributed by atoms with Crippen molar-refractivity contribution in [1.29, 1.82) is 0 Å². The summed E-state index contributed by atoms with van der Waals surface area (Å²) in [5.74, 6) is 2.20. The molecule has 1 amide bonds. The van der Waals surface area contributed by atoms with E-state index in [1.807, 2.05) is 32.0 Å². The Labute approximate surface area is 140 Å². The second-order valence-electron chi connectivity index (χ2n) is 5.94. The van der Waals surface area contributed by atoms with E-state index in [0.717, 1.165) is 17.1 Å². The van der Waals surface area contributed by atoms with Gasteiger partial charge in [-0.3, -0.25) is 4.79 Å². The van der Waals surface area contributed by atoms with Crippen LogP contribution in [-0.4, -0.2) is 29.2 Å². The van der Waals surface area contributed by atoms with Gasteiger partial charge in [0.2, 0.25) is 12.7 Å². The standard InChI is InChI=1S/C17H20N4O3/c1-11(2)6-18-16(22)13-8-20-17(21-9-13)19-7-12-3-4-14-15(5-12)24-10-23-14/h3-5,8-9,11H,6-7,10H2,1-2H3,(H,18,22)(H,19,20,21). The molecule has 1 aromatic carbocycles. The zero-order valence-corrected chi connectivity index (χ0v) is 13.7. The molecule has 1 aliphatic rings. The van der Waals surface area contributed by atoms with Crippen LogP contribution in [0.2, 0.25) is 0 Å². The number of carbonyl (C=O) groups excluding carboxylic acids is 1. The number of nitrogens with one attached hydrogen (secondary N) is 2. The molecule has 7 heteroatoms. The second-order valence-corrected chi connectivity index (χ2v) is 5.94. The van der Waals surface area contributed by atoms with Crippen LogP contribution >= 0.6 is 0 Å². The number of anilines is 1. The van der Waals surface area contributed by atoms with Crippen LogP contribution in [-0.2, 0) is 6.54 Å². The van der Waals surface area contributed by atoms with Crippen molar-refractivity contribution in [2.45, 2.75) is 20.4 Å². The molecule has 1 aliphatic heterocycles. The number of fused-ring (bicyclic) bond motifs is 1. The van der Waals surface area contributed by atoms with Gasteiger partial charge in [0.15, 0.2) is 11.5 Å². The van der Waals surface area contributed by atoms with Crippen LogP contribution in [0.1, 0.15) is 29.8 Å². The Bertz CT molecular complexity index is 716. The van der Waals surface area contributed by atoms with Crippen molar-refractivity contribution >= 4 is 11.9 Å². The van der Waals surface area contributed by atoms with Gasteiger partial charge in [-0.2, -0.15) is 0 Å². The van der Waals surface area contributed by atoms with Gasteiger partial charge in [-0.15, -0.1) is 0 Å². The van der Waals surface area contributed by atoms with Gasteiger partial charge >= 0.3 is 0 Å². The molecular formula is C17H20N4O3. The minimum atomic E-state index is -0.161. The lowest BCUT2D eigenvalue weighted by molar-refractivity contribution is 0.0948. The number of benzene rings is 1. The van der Waals surface area contributed by atoms with E-state index < -0.39 is 0 Å². The maximum absolute atomic E-state index is 11.9. The summed E-state index contributed by atoms with van der Waals surface area (Å²) in [7, 11) is 0.